The Morgan fingerprint density at radius 2 is 1.65 bits per heavy atom. The maximum Gasteiger partial charge on any atom is 0.279 e. The fourth-order valence-electron chi connectivity index (χ4n) is 3.07. The minimum Gasteiger partial charge on any atom is -0.379 e. The van der Waals surface area contributed by atoms with Gasteiger partial charge in [-0.1, -0.05) is 24.3 Å². The fraction of sp³-hybridized carbons (Fsp3) is 0.625. The van der Waals surface area contributed by atoms with Gasteiger partial charge in [0, 0.05) is 39.3 Å². The van der Waals surface area contributed by atoms with E-state index < -0.39 is 10.2 Å². The third-order valence-corrected chi connectivity index (χ3v) is 6.02. The molecule has 7 heteroatoms. The van der Waals surface area contributed by atoms with Crippen molar-refractivity contribution in [2.24, 2.45) is 0 Å². The van der Waals surface area contributed by atoms with Crippen molar-refractivity contribution < 1.29 is 13.2 Å². The van der Waals surface area contributed by atoms with Gasteiger partial charge in [0.05, 0.1) is 13.2 Å². The maximum atomic E-state index is 12.3. The summed E-state index contributed by atoms with van der Waals surface area (Å²) in [5, 5.41) is 0. The average Bonchev–Trinajstić information content (AvgIpc) is 3.11. The number of benzene rings is 1. The highest BCUT2D eigenvalue weighted by Gasteiger charge is 2.25. The van der Waals surface area contributed by atoms with Crippen LogP contribution in [0.1, 0.15) is 24.0 Å². The molecule has 0 unspecified atom stereocenters. The van der Waals surface area contributed by atoms with Crippen LogP contribution in [-0.2, 0) is 28.0 Å². The van der Waals surface area contributed by atoms with Crippen molar-refractivity contribution in [1.29, 1.82) is 0 Å². The lowest BCUT2D eigenvalue weighted by Crippen LogP contribution is -2.39. The summed E-state index contributed by atoms with van der Waals surface area (Å²) in [4.78, 5) is 2.34. The summed E-state index contributed by atoms with van der Waals surface area (Å²) in [7, 11) is -3.36. The van der Waals surface area contributed by atoms with Gasteiger partial charge in [-0.2, -0.15) is 17.4 Å². The lowest BCUT2D eigenvalue weighted by Gasteiger charge is -2.27. The number of ether oxygens (including phenoxy) is 1. The zero-order valence-electron chi connectivity index (χ0n) is 13.4. The predicted molar refractivity (Wildman–Crippen MR) is 89.1 cm³/mol. The summed E-state index contributed by atoms with van der Waals surface area (Å²) in [5.74, 6) is 0. The summed E-state index contributed by atoms with van der Waals surface area (Å²) < 4.78 is 34.3. The largest absolute Gasteiger partial charge is 0.379 e. The lowest BCUT2D eigenvalue weighted by molar-refractivity contribution is 0.0341. The van der Waals surface area contributed by atoms with E-state index in [1.165, 1.54) is 9.87 Å². The first-order valence-electron chi connectivity index (χ1n) is 8.27. The van der Waals surface area contributed by atoms with Crippen LogP contribution in [0.15, 0.2) is 24.3 Å². The van der Waals surface area contributed by atoms with Crippen molar-refractivity contribution in [3.63, 3.8) is 0 Å². The van der Waals surface area contributed by atoms with Crippen molar-refractivity contribution >= 4 is 10.2 Å². The van der Waals surface area contributed by atoms with Crippen molar-refractivity contribution in [2.75, 3.05) is 39.4 Å². The number of nitrogens with zero attached hydrogens (tertiary/aromatic N) is 2. The van der Waals surface area contributed by atoms with E-state index in [1.54, 1.807) is 0 Å². The highest BCUT2D eigenvalue weighted by Crippen LogP contribution is 2.15. The lowest BCUT2D eigenvalue weighted by atomic mass is 10.1. The van der Waals surface area contributed by atoms with Crippen molar-refractivity contribution in [3.8, 4) is 0 Å². The van der Waals surface area contributed by atoms with E-state index in [9.17, 15) is 8.42 Å². The van der Waals surface area contributed by atoms with Crippen LogP contribution in [0, 0.1) is 0 Å². The van der Waals surface area contributed by atoms with Gasteiger partial charge in [-0.3, -0.25) is 4.90 Å². The van der Waals surface area contributed by atoms with Gasteiger partial charge in [0.2, 0.25) is 0 Å². The highest BCUT2D eigenvalue weighted by molar-refractivity contribution is 7.87. The van der Waals surface area contributed by atoms with Crippen LogP contribution in [0.25, 0.3) is 0 Å². The minimum atomic E-state index is -3.36. The first-order chi connectivity index (χ1) is 11.1. The van der Waals surface area contributed by atoms with Gasteiger partial charge in [-0.05, 0) is 24.0 Å². The van der Waals surface area contributed by atoms with Gasteiger partial charge >= 0.3 is 0 Å². The van der Waals surface area contributed by atoms with E-state index in [2.05, 4.69) is 15.7 Å². The Bertz CT molecular complexity index is 609. The van der Waals surface area contributed by atoms with Gasteiger partial charge in [-0.15, -0.1) is 0 Å². The number of hydrogen-bond acceptors (Lipinski definition) is 4. The van der Waals surface area contributed by atoms with E-state index in [1.807, 2.05) is 18.2 Å². The van der Waals surface area contributed by atoms with Gasteiger partial charge in [0.15, 0.2) is 0 Å². The molecule has 0 radical (unpaired) electrons. The molecule has 0 bridgehead atoms. The summed E-state index contributed by atoms with van der Waals surface area (Å²) in [6.07, 6.45) is 1.91. The van der Waals surface area contributed by atoms with Crippen LogP contribution in [0.5, 0.6) is 0 Å². The minimum absolute atomic E-state index is 0.347. The average molecular weight is 339 g/mol. The third kappa shape index (κ3) is 4.51. The second-order valence-corrected chi connectivity index (χ2v) is 7.84. The summed E-state index contributed by atoms with van der Waals surface area (Å²) in [5.41, 5.74) is 2.22. The Kier molecular flexibility index (Phi) is 5.66. The van der Waals surface area contributed by atoms with Crippen LogP contribution >= 0.6 is 0 Å². The quantitative estimate of drug-likeness (QED) is 0.838. The van der Waals surface area contributed by atoms with E-state index in [0.717, 1.165) is 51.3 Å². The molecule has 2 fully saturated rings. The molecule has 1 aromatic carbocycles. The maximum absolute atomic E-state index is 12.3. The van der Waals surface area contributed by atoms with Gasteiger partial charge < -0.3 is 4.74 Å². The van der Waals surface area contributed by atoms with Crippen LogP contribution in [-0.4, -0.2) is 57.0 Å². The van der Waals surface area contributed by atoms with E-state index in [4.69, 9.17) is 4.74 Å². The molecule has 2 saturated heterocycles. The van der Waals surface area contributed by atoms with Gasteiger partial charge in [0.1, 0.15) is 0 Å². The Balaban J connectivity index is 1.63. The van der Waals surface area contributed by atoms with Gasteiger partial charge in [0.25, 0.3) is 10.2 Å². The van der Waals surface area contributed by atoms with Crippen molar-refractivity contribution in [3.05, 3.63) is 35.4 Å². The second-order valence-electron chi connectivity index (χ2n) is 6.09. The molecule has 0 aromatic heterocycles. The molecule has 0 saturated carbocycles. The van der Waals surface area contributed by atoms with E-state index in [0.29, 0.717) is 19.6 Å². The van der Waals surface area contributed by atoms with E-state index >= 15 is 0 Å². The molecule has 1 N–H and O–H groups in total. The first-order valence-corrected chi connectivity index (χ1v) is 9.71. The molecule has 0 aliphatic carbocycles. The topological polar surface area (TPSA) is 61.9 Å². The first kappa shape index (κ1) is 16.9. The normalized spacial score (nSPS) is 20.9. The molecule has 2 aliphatic heterocycles. The molecule has 23 heavy (non-hydrogen) atoms. The van der Waals surface area contributed by atoms with Crippen LogP contribution in [0.2, 0.25) is 0 Å². The Morgan fingerprint density at radius 3 is 2.35 bits per heavy atom. The molecule has 0 atom stereocenters. The molecule has 1 aromatic rings. The molecular weight excluding hydrogens is 314 g/mol. The fourth-order valence-corrected chi connectivity index (χ4v) is 4.33. The standard InChI is InChI=1S/C16H25N3O3S/c20-23(21,19-7-3-4-8-19)17-13-15-5-1-2-6-16(15)14-18-9-11-22-12-10-18/h1-2,5-6,17H,3-4,7-14H2. The molecule has 128 valence electrons. The molecular formula is C16H25N3O3S. The Hall–Kier alpha value is -0.990. The molecule has 6 nitrogen and oxygen atoms in total. The number of rotatable bonds is 6. The second kappa shape index (κ2) is 7.72. The molecule has 2 heterocycles. The van der Waals surface area contributed by atoms with Crippen molar-refractivity contribution in [2.45, 2.75) is 25.9 Å². The summed E-state index contributed by atoms with van der Waals surface area (Å²) >= 11 is 0. The monoisotopic (exact) mass is 339 g/mol. The molecule has 2 aliphatic rings. The SMILES string of the molecule is O=S(=O)(NCc1ccccc1CN1CCOCC1)N1CCCC1. The zero-order valence-corrected chi connectivity index (χ0v) is 14.2. The molecule has 3 rings (SSSR count). The predicted octanol–water partition coefficient (Wildman–Crippen LogP) is 0.949. The highest BCUT2D eigenvalue weighted by atomic mass is 32.2. The third-order valence-electron chi connectivity index (χ3n) is 4.47. The van der Waals surface area contributed by atoms with Crippen molar-refractivity contribution in [1.82, 2.24) is 13.9 Å². The molecule has 0 amide bonds. The smallest absolute Gasteiger partial charge is 0.279 e. The van der Waals surface area contributed by atoms with Crippen LogP contribution < -0.4 is 4.72 Å². The Morgan fingerprint density at radius 1 is 1.00 bits per heavy atom. The number of hydrogen-bond donors (Lipinski definition) is 1. The van der Waals surface area contributed by atoms with Crippen LogP contribution in [0.4, 0.5) is 0 Å². The Labute approximate surface area is 138 Å². The zero-order chi connectivity index (χ0) is 16.1. The molecule has 0 spiro atoms. The summed E-state index contributed by atoms with van der Waals surface area (Å²) in [6.45, 7) is 5.83. The van der Waals surface area contributed by atoms with E-state index in [-0.39, 0.29) is 0 Å². The number of morpholine rings is 1. The van der Waals surface area contributed by atoms with Gasteiger partial charge in [-0.25, -0.2) is 0 Å². The van der Waals surface area contributed by atoms with Crippen LogP contribution in [0.3, 0.4) is 0 Å². The number of nitrogens with one attached hydrogen (secondary N) is 1. The summed E-state index contributed by atoms with van der Waals surface area (Å²) in [6, 6.07) is 8.05.